The first kappa shape index (κ1) is 11.3. The molecule has 1 aromatic heterocycles. The summed E-state index contributed by atoms with van der Waals surface area (Å²) in [5, 5.41) is 7.95. The zero-order valence-electron chi connectivity index (χ0n) is 9.84. The van der Waals surface area contributed by atoms with Gasteiger partial charge in [-0.15, -0.1) is 5.10 Å². The quantitative estimate of drug-likeness (QED) is 0.811. The number of ether oxygens (including phenoxy) is 1. The zero-order valence-corrected chi connectivity index (χ0v) is 9.84. The Morgan fingerprint density at radius 1 is 1.06 bits per heavy atom. The van der Waals surface area contributed by atoms with Crippen LogP contribution in [0.15, 0.2) is 24.3 Å². The summed E-state index contributed by atoms with van der Waals surface area (Å²) < 4.78 is 5.52. The minimum Gasteiger partial charge on any atom is -0.486 e. The molecule has 0 saturated heterocycles. The van der Waals surface area contributed by atoms with Crippen LogP contribution in [0.25, 0.3) is 0 Å². The van der Waals surface area contributed by atoms with Crippen molar-refractivity contribution in [3.63, 3.8) is 0 Å². The van der Waals surface area contributed by atoms with Crippen LogP contribution in [0.3, 0.4) is 0 Å². The molecule has 0 radical (unpaired) electrons. The molecule has 0 fully saturated rings. The second-order valence-electron chi connectivity index (χ2n) is 3.76. The summed E-state index contributed by atoms with van der Waals surface area (Å²) in [5.41, 5.74) is 8.00. The van der Waals surface area contributed by atoms with Gasteiger partial charge in [0.05, 0.1) is 11.4 Å². The minimum absolute atomic E-state index is 0.304. The molecule has 2 N–H and O–H groups in total. The molecular formula is C12H14N4O. The lowest BCUT2D eigenvalue weighted by Gasteiger charge is -2.05. The first-order valence-corrected chi connectivity index (χ1v) is 5.30. The normalized spacial score (nSPS) is 10.2. The van der Waals surface area contributed by atoms with Crippen LogP contribution in [0.4, 0.5) is 5.69 Å². The van der Waals surface area contributed by atoms with Gasteiger partial charge >= 0.3 is 0 Å². The lowest BCUT2D eigenvalue weighted by Crippen LogP contribution is -2.06. The second kappa shape index (κ2) is 4.78. The van der Waals surface area contributed by atoms with Gasteiger partial charge in [-0.2, -0.15) is 5.10 Å². The maximum Gasteiger partial charge on any atom is 0.189 e. The number of hydrogen-bond acceptors (Lipinski definition) is 5. The molecule has 5 heteroatoms. The number of anilines is 1. The van der Waals surface area contributed by atoms with Crippen LogP contribution in [0.1, 0.15) is 17.2 Å². The largest absolute Gasteiger partial charge is 0.486 e. The maximum absolute atomic E-state index is 5.58. The zero-order chi connectivity index (χ0) is 12.3. The summed E-state index contributed by atoms with van der Waals surface area (Å²) in [6.45, 7) is 4.08. The molecule has 0 aliphatic rings. The van der Waals surface area contributed by atoms with Crippen molar-refractivity contribution in [3.8, 4) is 5.75 Å². The predicted octanol–water partition coefficient (Wildman–Crippen LogP) is 1.65. The maximum atomic E-state index is 5.58. The van der Waals surface area contributed by atoms with E-state index in [9.17, 15) is 0 Å². The van der Waals surface area contributed by atoms with Crippen LogP contribution in [0.5, 0.6) is 5.75 Å². The molecule has 1 aromatic carbocycles. The van der Waals surface area contributed by atoms with E-state index >= 15 is 0 Å². The van der Waals surface area contributed by atoms with E-state index in [0.29, 0.717) is 18.1 Å². The number of nitrogens with two attached hydrogens (primary N) is 1. The molecule has 2 aromatic rings. The van der Waals surface area contributed by atoms with Crippen molar-refractivity contribution in [1.29, 1.82) is 0 Å². The molecule has 0 atom stereocenters. The van der Waals surface area contributed by atoms with Crippen molar-refractivity contribution < 1.29 is 4.74 Å². The van der Waals surface area contributed by atoms with E-state index in [4.69, 9.17) is 10.5 Å². The molecule has 0 saturated carbocycles. The summed E-state index contributed by atoms with van der Waals surface area (Å²) >= 11 is 0. The Bertz CT molecular complexity index is 510. The number of nitrogens with zero attached hydrogens (tertiary/aromatic N) is 3. The molecule has 88 valence electrons. The molecule has 0 amide bonds. The molecule has 1 heterocycles. The van der Waals surface area contributed by atoms with Crippen molar-refractivity contribution >= 4 is 5.69 Å². The van der Waals surface area contributed by atoms with Crippen LogP contribution in [0.2, 0.25) is 0 Å². The predicted molar refractivity (Wildman–Crippen MR) is 64.5 cm³/mol. The fraction of sp³-hybridized carbons (Fsp3) is 0.250. The average Bonchev–Trinajstić information content (AvgIpc) is 2.33. The van der Waals surface area contributed by atoms with Gasteiger partial charge in [0.15, 0.2) is 5.82 Å². The van der Waals surface area contributed by atoms with Gasteiger partial charge in [0, 0.05) is 5.69 Å². The van der Waals surface area contributed by atoms with Crippen molar-refractivity contribution in [2.75, 3.05) is 5.73 Å². The molecule has 2 rings (SSSR count). The van der Waals surface area contributed by atoms with Crippen molar-refractivity contribution in [2.45, 2.75) is 20.5 Å². The number of aryl methyl sites for hydroxylation is 2. The highest BCUT2D eigenvalue weighted by molar-refractivity contribution is 5.41. The monoisotopic (exact) mass is 230 g/mol. The standard InChI is InChI=1S/C12H14N4O/c1-8-9(2)15-16-12(14-8)7-17-11-5-3-10(13)4-6-11/h3-6H,7,13H2,1-2H3. The number of aromatic nitrogens is 3. The minimum atomic E-state index is 0.304. The lowest BCUT2D eigenvalue weighted by atomic mass is 10.3. The topological polar surface area (TPSA) is 73.9 Å². The number of hydrogen-bond donors (Lipinski definition) is 1. The van der Waals surface area contributed by atoms with Crippen LogP contribution < -0.4 is 10.5 Å². The molecule has 0 bridgehead atoms. The van der Waals surface area contributed by atoms with Gasteiger partial charge in [0.2, 0.25) is 0 Å². The van der Waals surface area contributed by atoms with Gasteiger partial charge in [-0.25, -0.2) is 4.98 Å². The van der Waals surface area contributed by atoms with Gasteiger partial charge in [0.25, 0.3) is 0 Å². The Labute approximate surface area is 99.7 Å². The van der Waals surface area contributed by atoms with Gasteiger partial charge in [-0.3, -0.25) is 0 Å². The van der Waals surface area contributed by atoms with E-state index in [-0.39, 0.29) is 0 Å². The summed E-state index contributed by atoms with van der Waals surface area (Å²) in [4.78, 5) is 4.28. The summed E-state index contributed by atoms with van der Waals surface area (Å²) in [7, 11) is 0. The second-order valence-corrected chi connectivity index (χ2v) is 3.76. The number of nitrogen functional groups attached to an aromatic ring is 1. The third kappa shape index (κ3) is 2.90. The highest BCUT2D eigenvalue weighted by atomic mass is 16.5. The molecule has 0 aliphatic carbocycles. The Balaban J connectivity index is 2.02. The molecule has 0 unspecified atom stereocenters. The van der Waals surface area contributed by atoms with E-state index < -0.39 is 0 Å². The lowest BCUT2D eigenvalue weighted by molar-refractivity contribution is 0.293. The van der Waals surface area contributed by atoms with Crippen molar-refractivity contribution in [3.05, 3.63) is 41.5 Å². The molecule has 17 heavy (non-hydrogen) atoms. The highest BCUT2D eigenvalue weighted by Gasteiger charge is 2.02. The summed E-state index contributed by atoms with van der Waals surface area (Å²) in [5.74, 6) is 1.31. The summed E-state index contributed by atoms with van der Waals surface area (Å²) in [6, 6.07) is 7.19. The summed E-state index contributed by atoms with van der Waals surface area (Å²) in [6.07, 6.45) is 0. The fourth-order valence-electron chi connectivity index (χ4n) is 1.28. The fourth-order valence-corrected chi connectivity index (χ4v) is 1.28. The van der Waals surface area contributed by atoms with Crippen molar-refractivity contribution in [1.82, 2.24) is 15.2 Å². The molecule has 0 spiro atoms. The molecule has 0 aliphatic heterocycles. The Morgan fingerprint density at radius 2 is 1.76 bits per heavy atom. The van der Waals surface area contributed by atoms with Gasteiger partial charge in [-0.1, -0.05) is 0 Å². The molecule has 5 nitrogen and oxygen atoms in total. The van der Waals surface area contributed by atoms with E-state index in [1.54, 1.807) is 12.1 Å². The molecular weight excluding hydrogens is 216 g/mol. The van der Waals surface area contributed by atoms with E-state index in [2.05, 4.69) is 15.2 Å². The van der Waals surface area contributed by atoms with Gasteiger partial charge in [0.1, 0.15) is 12.4 Å². The van der Waals surface area contributed by atoms with Crippen LogP contribution in [-0.4, -0.2) is 15.2 Å². The number of rotatable bonds is 3. The van der Waals surface area contributed by atoms with E-state index in [0.717, 1.165) is 17.1 Å². The van der Waals surface area contributed by atoms with Crippen LogP contribution >= 0.6 is 0 Å². The smallest absolute Gasteiger partial charge is 0.189 e. The van der Waals surface area contributed by atoms with Crippen molar-refractivity contribution in [2.24, 2.45) is 0 Å². The third-order valence-electron chi connectivity index (χ3n) is 2.38. The number of benzene rings is 1. The van der Waals surface area contributed by atoms with E-state index in [1.807, 2.05) is 26.0 Å². The van der Waals surface area contributed by atoms with Crippen LogP contribution in [-0.2, 0) is 6.61 Å². The Kier molecular flexibility index (Phi) is 3.18. The van der Waals surface area contributed by atoms with Crippen LogP contribution in [0, 0.1) is 13.8 Å². The SMILES string of the molecule is Cc1nnc(COc2ccc(N)cc2)nc1C. The first-order valence-electron chi connectivity index (χ1n) is 5.30. The van der Waals surface area contributed by atoms with Gasteiger partial charge < -0.3 is 10.5 Å². The van der Waals surface area contributed by atoms with E-state index in [1.165, 1.54) is 0 Å². The third-order valence-corrected chi connectivity index (χ3v) is 2.38. The Hall–Kier alpha value is -2.17. The van der Waals surface area contributed by atoms with Gasteiger partial charge in [-0.05, 0) is 38.1 Å². The average molecular weight is 230 g/mol. The Morgan fingerprint density at radius 3 is 2.41 bits per heavy atom. The highest BCUT2D eigenvalue weighted by Crippen LogP contribution is 2.14. The first-order chi connectivity index (χ1) is 8.15.